The lowest BCUT2D eigenvalue weighted by Crippen LogP contribution is -2.19. The molecule has 76 valence electrons. The number of benzene rings is 1. The Kier molecular flexibility index (Phi) is 2.52. The SMILES string of the molecule is N[C@H]1CCCc2c(CO)cc(F)cc21. The van der Waals surface area contributed by atoms with Gasteiger partial charge in [-0.1, -0.05) is 0 Å². The van der Waals surface area contributed by atoms with E-state index in [0.717, 1.165) is 30.4 Å². The molecule has 3 N–H and O–H groups in total. The van der Waals surface area contributed by atoms with E-state index in [-0.39, 0.29) is 18.5 Å². The second-order valence-corrected chi connectivity index (χ2v) is 3.79. The second-order valence-electron chi connectivity index (χ2n) is 3.79. The Labute approximate surface area is 82.5 Å². The standard InChI is InChI=1S/C11H14FNO/c12-8-4-7(6-14)9-2-1-3-11(13)10(9)5-8/h4-5,11,14H,1-3,6,13H2/t11-/m0/s1. The first-order chi connectivity index (χ1) is 6.72. The van der Waals surface area contributed by atoms with E-state index in [1.165, 1.54) is 12.1 Å². The maximum atomic E-state index is 13.1. The van der Waals surface area contributed by atoms with E-state index < -0.39 is 0 Å². The Morgan fingerprint density at radius 1 is 1.50 bits per heavy atom. The highest BCUT2D eigenvalue weighted by atomic mass is 19.1. The highest BCUT2D eigenvalue weighted by molar-refractivity contribution is 5.39. The quantitative estimate of drug-likeness (QED) is 0.715. The monoisotopic (exact) mass is 195 g/mol. The first kappa shape index (κ1) is 9.62. The van der Waals surface area contributed by atoms with Crippen LogP contribution in [0.15, 0.2) is 12.1 Å². The van der Waals surface area contributed by atoms with E-state index in [4.69, 9.17) is 10.8 Å². The van der Waals surface area contributed by atoms with Gasteiger partial charge in [0.1, 0.15) is 5.82 Å². The van der Waals surface area contributed by atoms with Gasteiger partial charge in [0.15, 0.2) is 0 Å². The summed E-state index contributed by atoms with van der Waals surface area (Å²) in [5.41, 5.74) is 8.50. The summed E-state index contributed by atoms with van der Waals surface area (Å²) in [6, 6.07) is 2.83. The molecule has 14 heavy (non-hydrogen) atoms. The van der Waals surface area contributed by atoms with Crippen molar-refractivity contribution in [2.45, 2.75) is 31.9 Å². The van der Waals surface area contributed by atoms with E-state index in [9.17, 15) is 4.39 Å². The average Bonchev–Trinajstić information content (AvgIpc) is 2.18. The third-order valence-corrected chi connectivity index (χ3v) is 2.85. The van der Waals surface area contributed by atoms with Crippen molar-refractivity contribution >= 4 is 0 Å². The van der Waals surface area contributed by atoms with Gasteiger partial charge in [0.2, 0.25) is 0 Å². The van der Waals surface area contributed by atoms with Crippen molar-refractivity contribution in [2.75, 3.05) is 0 Å². The lowest BCUT2D eigenvalue weighted by atomic mass is 9.85. The van der Waals surface area contributed by atoms with Crippen molar-refractivity contribution in [3.8, 4) is 0 Å². The first-order valence-electron chi connectivity index (χ1n) is 4.90. The van der Waals surface area contributed by atoms with Gasteiger partial charge in [0, 0.05) is 6.04 Å². The molecule has 0 unspecified atom stereocenters. The maximum absolute atomic E-state index is 13.1. The second kappa shape index (κ2) is 3.67. The van der Waals surface area contributed by atoms with Gasteiger partial charge < -0.3 is 10.8 Å². The smallest absolute Gasteiger partial charge is 0.123 e. The van der Waals surface area contributed by atoms with Crippen molar-refractivity contribution in [2.24, 2.45) is 5.73 Å². The van der Waals surface area contributed by atoms with Crippen molar-refractivity contribution in [3.63, 3.8) is 0 Å². The minimum atomic E-state index is -0.301. The molecular formula is C11H14FNO. The molecule has 0 spiro atoms. The van der Waals surface area contributed by atoms with E-state index in [0.29, 0.717) is 5.56 Å². The maximum Gasteiger partial charge on any atom is 0.123 e. The Morgan fingerprint density at radius 2 is 2.29 bits per heavy atom. The topological polar surface area (TPSA) is 46.2 Å². The number of rotatable bonds is 1. The fourth-order valence-corrected chi connectivity index (χ4v) is 2.15. The summed E-state index contributed by atoms with van der Waals surface area (Å²) in [7, 11) is 0. The third-order valence-electron chi connectivity index (χ3n) is 2.85. The van der Waals surface area contributed by atoms with Gasteiger partial charge in [-0.05, 0) is 48.1 Å². The van der Waals surface area contributed by atoms with Crippen molar-refractivity contribution in [3.05, 3.63) is 34.6 Å². The molecule has 1 atom stereocenters. The minimum absolute atomic E-state index is 0.0697. The molecule has 0 saturated heterocycles. The molecule has 0 fully saturated rings. The Hall–Kier alpha value is -0.930. The van der Waals surface area contributed by atoms with E-state index in [2.05, 4.69) is 0 Å². The molecule has 3 heteroatoms. The van der Waals surface area contributed by atoms with Crippen LogP contribution in [0.2, 0.25) is 0 Å². The number of fused-ring (bicyclic) bond motifs is 1. The Bertz CT molecular complexity index is 351. The molecule has 0 aromatic heterocycles. The molecule has 0 amide bonds. The number of hydrogen-bond acceptors (Lipinski definition) is 2. The number of aliphatic hydroxyl groups excluding tert-OH is 1. The fraction of sp³-hybridized carbons (Fsp3) is 0.455. The Morgan fingerprint density at radius 3 is 3.00 bits per heavy atom. The van der Waals surface area contributed by atoms with Crippen LogP contribution >= 0.6 is 0 Å². The number of halogens is 1. The van der Waals surface area contributed by atoms with Gasteiger partial charge in [0.25, 0.3) is 0 Å². The van der Waals surface area contributed by atoms with Gasteiger partial charge >= 0.3 is 0 Å². The van der Waals surface area contributed by atoms with Gasteiger partial charge in [-0.25, -0.2) is 4.39 Å². The van der Waals surface area contributed by atoms with Gasteiger partial charge in [-0.2, -0.15) is 0 Å². The van der Waals surface area contributed by atoms with Crippen LogP contribution in [-0.2, 0) is 13.0 Å². The summed E-state index contributed by atoms with van der Waals surface area (Å²) in [5.74, 6) is -0.301. The van der Waals surface area contributed by atoms with Crippen LogP contribution in [0, 0.1) is 5.82 Å². The third kappa shape index (κ3) is 1.53. The molecule has 2 nitrogen and oxygen atoms in total. The van der Waals surface area contributed by atoms with Gasteiger partial charge in [-0.15, -0.1) is 0 Å². The Balaban J connectivity index is 2.54. The highest BCUT2D eigenvalue weighted by Gasteiger charge is 2.20. The van der Waals surface area contributed by atoms with Crippen LogP contribution in [0.25, 0.3) is 0 Å². The van der Waals surface area contributed by atoms with Crippen molar-refractivity contribution < 1.29 is 9.50 Å². The predicted molar refractivity (Wildman–Crippen MR) is 52.2 cm³/mol. The van der Waals surface area contributed by atoms with Crippen molar-refractivity contribution in [1.82, 2.24) is 0 Å². The van der Waals surface area contributed by atoms with E-state index in [1.54, 1.807) is 0 Å². The van der Waals surface area contributed by atoms with Crippen LogP contribution in [0.4, 0.5) is 4.39 Å². The zero-order valence-electron chi connectivity index (χ0n) is 7.96. The molecular weight excluding hydrogens is 181 g/mol. The largest absolute Gasteiger partial charge is 0.392 e. The lowest BCUT2D eigenvalue weighted by Gasteiger charge is -2.24. The summed E-state index contributed by atoms with van der Waals surface area (Å²) in [6.07, 6.45) is 2.83. The van der Waals surface area contributed by atoms with E-state index >= 15 is 0 Å². The van der Waals surface area contributed by atoms with Crippen LogP contribution in [-0.4, -0.2) is 5.11 Å². The molecule has 1 aliphatic carbocycles. The molecule has 2 rings (SSSR count). The summed E-state index contributed by atoms with van der Waals surface area (Å²) in [4.78, 5) is 0. The molecule has 1 aromatic rings. The zero-order valence-corrected chi connectivity index (χ0v) is 7.96. The minimum Gasteiger partial charge on any atom is -0.392 e. The predicted octanol–water partition coefficient (Wildman–Crippen LogP) is 1.65. The van der Waals surface area contributed by atoms with Gasteiger partial charge in [-0.3, -0.25) is 0 Å². The van der Waals surface area contributed by atoms with Crippen LogP contribution in [0.5, 0.6) is 0 Å². The van der Waals surface area contributed by atoms with Crippen molar-refractivity contribution in [1.29, 1.82) is 0 Å². The molecule has 0 heterocycles. The molecule has 0 bridgehead atoms. The molecule has 0 saturated carbocycles. The van der Waals surface area contributed by atoms with Crippen LogP contribution in [0.1, 0.15) is 35.6 Å². The fourth-order valence-electron chi connectivity index (χ4n) is 2.15. The number of hydrogen-bond donors (Lipinski definition) is 2. The molecule has 0 radical (unpaired) electrons. The lowest BCUT2D eigenvalue weighted by molar-refractivity contribution is 0.279. The highest BCUT2D eigenvalue weighted by Crippen LogP contribution is 2.31. The van der Waals surface area contributed by atoms with Crippen LogP contribution in [0.3, 0.4) is 0 Å². The van der Waals surface area contributed by atoms with Crippen LogP contribution < -0.4 is 5.73 Å². The number of aliphatic hydroxyl groups is 1. The zero-order chi connectivity index (χ0) is 10.1. The number of nitrogens with two attached hydrogens (primary N) is 1. The summed E-state index contributed by atoms with van der Waals surface area (Å²) < 4.78 is 13.1. The summed E-state index contributed by atoms with van der Waals surface area (Å²) >= 11 is 0. The first-order valence-corrected chi connectivity index (χ1v) is 4.90. The summed E-state index contributed by atoms with van der Waals surface area (Å²) in [6.45, 7) is -0.104. The van der Waals surface area contributed by atoms with Gasteiger partial charge in [0.05, 0.1) is 6.61 Å². The molecule has 0 aliphatic heterocycles. The van der Waals surface area contributed by atoms with E-state index in [1.807, 2.05) is 0 Å². The molecule has 1 aromatic carbocycles. The molecule has 1 aliphatic rings. The average molecular weight is 195 g/mol. The summed E-state index contributed by atoms with van der Waals surface area (Å²) in [5, 5.41) is 9.10. The normalized spacial score (nSPS) is 20.6.